The molecule has 0 aliphatic heterocycles. The van der Waals surface area contributed by atoms with Gasteiger partial charge in [0.25, 0.3) is 5.69 Å². The number of nitro groups is 1. The predicted octanol–water partition coefficient (Wildman–Crippen LogP) is 4.96. The fourth-order valence-electron chi connectivity index (χ4n) is 3.60. The molecule has 0 aliphatic carbocycles. The first kappa shape index (κ1) is 30.0. The number of allylic oxidation sites excluding steroid dienone is 2. The number of nitrogens with zero attached hydrogens (tertiary/aromatic N) is 1. The number of esters is 1. The first-order valence-corrected chi connectivity index (χ1v) is 11.3. The summed E-state index contributed by atoms with van der Waals surface area (Å²) in [6, 6.07) is 8.88. The minimum atomic E-state index is -4.98. The van der Waals surface area contributed by atoms with Crippen LogP contribution in [0.2, 0.25) is 0 Å². The molecule has 1 amide bonds. The average molecular weight is 537 g/mol. The van der Waals surface area contributed by atoms with Crippen LogP contribution in [0.15, 0.2) is 54.1 Å². The Bertz CT molecular complexity index is 1230. The SMILES string of the molecule is COC(=O)[C@H](Cc1cccc(C/C(C=O)=C(/c2cccc([N+](=O)[O-])c2)C(F)(F)F)c1)NC(=O)OC(C)(C)C. The van der Waals surface area contributed by atoms with Gasteiger partial charge in [0.1, 0.15) is 17.9 Å². The number of alkyl carbamates (subject to hydrolysis) is 1. The summed E-state index contributed by atoms with van der Waals surface area (Å²) in [5, 5.41) is 13.5. The molecular formula is C26H27F3N2O7. The lowest BCUT2D eigenvalue weighted by molar-refractivity contribution is -0.384. The van der Waals surface area contributed by atoms with Crippen molar-refractivity contribution in [2.45, 2.75) is 51.4 Å². The Morgan fingerprint density at radius 3 is 2.26 bits per heavy atom. The van der Waals surface area contributed by atoms with Crippen LogP contribution in [0, 0.1) is 10.1 Å². The van der Waals surface area contributed by atoms with E-state index in [0.29, 0.717) is 11.1 Å². The van der Waals surface area contributed by atoms with Gasteiger partial charge in [-0.2, -0.15) is 13.2 Å². The summed E-state index contributed by atoms with van der Waals surface area (Å²) in [7, 11) is 1.14. The van der Waals surface area contributed by atoms with Crippen molar-refractivity contribution >= 4 is 29.6 Å². The number of benzene rings is 2. The smallest absolute Gasteiger partial charge is 0.417 e. The van der Waals surface area contributed by atoms with Crippen LogP contribution in [-0.2, 0) is 31.9 Å². The largest absolute Gasteiger partial charge is 0.467 e. The van der Waals surface area contributed by atoms with Crippen LogP contribution in [0.1, 0.15) is 37.5 Å². The zero-order valence-electron chi connectivity index (χ0n) is 21.1. The minimum absolute atomic E-state index is 0.0651. The van der Waals surface area contributed by atoms with E-state index in [1.165, 1.54) is 18.2 Å². The van der Waals surface area contributed by atoms with Crippen molar-refractivity contribution in [2.24, 2.45) is 0 Å². The lowest BCUT2D eigenvalue weighted by Crippen LogP contribution is -2.45. The van der Waals surface area contributed by atoms with Crippen molar-refractivity contribution in [2.75, 3.05) is 7.11 Å². The van der Waals surface area contributed by atoms with Gasteiger partial charge in [0.05, 0.1) is 17.6 Å². The Balaban J connectivity index is 2.41. The highest BCUT2D eigenvalue weighted by Gasteiger charge is 2.38. The standard InChI is InChI=1S/C26H27F3N2O7/c1-25(2,3)38-24(34)30-21(23(33)37-4)13-17-8-5-7-16(11-17)12-19(15-32)22(26(27,28)29)18-9-6-10-20(14-18)31(35)36/h5-11,14-15,21H,12-13H2,1-4H3,(H,30,34)/b22-19+/t21-/m0/s1. The van der Waals surface area contributed by atoms with Crippen LogP contribution in [0.3, 0.4) is 0 Å². The first-order chi connectivity index (χ1) is 17.6. The van der Waals surface area contributed by atoms with E-state index < -0.39 is 63.6 Å². The van der Waals surface area contributed by atoms with Crippen molar-refractivity contribution in [1.82, 2.24) is 5.32 Å². The van der Waals surface area contributed by atoms with E-state index in [4.69, 9.17) is 9.47 Å². The molecule has 1 N–H and O–H groups in total. The number of carbonyl (C=O) groups excluding carboxylic acids is 3. The van der Waals surface area contributed by atoms with Crippen LogP contribution in [0.4, 0.5) is 23.7 Å². The molecule has 0 bridgehead atoms. The number of amides is 1. The number of ether oxygens (including phenoxy) is 2. The normalized spacial score (nSPS) is 13.1. The quantitative estimate of drug-likeness (QED) is 0.158. The summed E-state index contributed by atoms with van der Waals surface area (Å²) in [5.41, 5.74) is -3.05. The molecule has 0 saturated heterocycles. The Morgan fingerprint density at radius 2 is 1.71 bits per heavy atom. The predicted molar refractivity (Wildman–Crippen MR) is 131 cm³/mol. The molecule has 2 aromatic carbocycles. The van der Waals surface area contributed by atoms with Gasteiger partial charge in [0, 0.05) is 30.5 Å². The van der Waals surface area contributed by atoms with Gasteiger partial charge in [-0.25, -0.2) is 9.59 Å². The summed E-state index contributed by atoms with van der Waals surface area (Å²) >= 11 is 0. The minimum Gasteiger partial charge on any atom is -0.467 e. The molecule has 2 rings (SSSR count). The monoisotopic (exact) mass is 536 g/mol. The van der Waals surface area contributed by atoms with E-state index in [-0.39, 0.29) is 12.7 Å². The lowest BCUT2D eigenvalue weighted by atomic mass is 9.93. The molecule has 2 aromatic rings. The summed E-state index contributed by atoms with van der Waals surface area (Å²) in [4.78, 5) is 46.4. The number of methoxy groups -OCH3 is 1. The molecule has 12 heteroatoms. The molecule has 0 saturated carbocycles. The highest BCUT2D eigenvalue weighted by Crippen LogP contribution is 2.38. The molecule has 0 unspecified atom stereocenters. The topological polar surface area (TPSA) is 125 Å². The Morgan fingerprint density at radius 1 is 1.08 bits per heavy atom. The maximum absolute atomic E-state index is 14.0. The van der Waals surface area contributed by atoms with Crippen molar-refractivity contribution in [3.05, 3.63) is 80.9 Å². The second kappa shape index (κ2) is 12.3. The molecule has 9 nitrogen and oxygen atoms in total. The second-order valence-corrected chi connectivity index (χ2v) is 9.25. The molecular weight excluding hydrogens is 509 g/mol. The van der Waals surface area contributed by atoms with E-state index in [2.05, 4.69) is 5.32 Å². The first-order valence-electron chi connectivity index (χ1n) is 11.3. The number of aldehydes is 1. The molecule has 0 aliphatic rings. The molecule has 204 valence electrons. The lowest BCUT2D eigenvalue weighted by Gasteiger charge is -2.22. The van der Waals surface area contributed by atoms with Crippen molar-refractivity contribution in [3.63, 3.8) is 0 Å². The highest BCUT2D eigenvalue weighted by molar-refractivity contribution is 5.91. The number of alkyl halides is 3. The zero-order valence-corrected chi connectivity index (χ0v) is 21.1. The van der Waals surface area contributed by atoms with Crippen molar-refractivity contribution in [1.29, 1.82) is 0 Å². The molecule has 0 spiro atoms. The third kappa shape index (κ3) is 8.71. The van der Waals surface area contributed by atoms with Crippen LogP contribution >= 0.6 is 0 Å². The molecule has 0 aromatic heterocycles. The Kier molecular flexibility index (Phi) is 9.75. The van der Waals surface area contributed by atoms with E-state index in [1.54, 1.807) is 26.8 Å². The van der Waals surface area contributed by atoms with E-state index >= 15 is 0 Å². The molecule has 0 heterocycles. The van der Waals surface area contributed by atoms with Crippen LogP contribution in [0.5, 0.6) is 0 Å². The van der Waals surface area contributed by atoms with Crippen LogP contribution in [0.25, 0.3) is 5.57 Å². The van der Waals surface area contributed by atoms with E-state index in [0.717, 1.165) is 31.4 Å². The van der Waals surface area contributed by atoms with Gasteiger partial charge in [-0.3, -0.25) is 14.9 Å². The fourth-order valence-corrected chi connectivity index (χ4v) is 3.60. The number of hydrogen-bond donors (Lipinski definition) is 1. The second-order valence-electron chi connectivity index (χ2n) is 9.25. The number of halogens is 3. The maximum atomic E-state index is 14.0. The summed E-state index contributed by atoms with van der Waals surface area (Å²) in [6.45, 7) is 4.93. The van der Waals surface area contributed by atoms with Gasteiger partial charge in [0.2, 0.25) is 0 Å². The van der Waals surface area contributed by atoms with Gasteiger partial charge in [0.15, 0.2) is 0 Å². The number of carbonyl (C=O) groups is 3. The van der Waals surface area contributed by atoms with Crippen molar-refractivity contribution < 1.29 is 42.0 Å². The number of nitrogens with one attached hydrogen (secondary N) is 1. The van der Waals surface area contributed by atoms with Crippen LogP contribution in [-0.4, -0.2) is 48.2 Å². The summed E-state index contributed by atoms with van der Waals surface area (Å²) in [6.07, 6.45) is -6.29. The van der Waals surface area contributed by atoms with Gasteiger partial charge in [-0.15, -0.1) is 0 Å². The molecule has 0 fully saturated rings. The third-order valence-electron chi connectivity index (χ3n) is 5.09. The van der Waals surface area contributed by atoms with Gasteiger partial charge < -0.3 is 14.8 Å². The molecule has 1 atom stereocenters. The Labute approximate surface area is 216 Å². The van der Waals surface area contributed by atoms with Gasteiger partial charge in [-0.05, 0) is 37.5 Å². The average Bonchev–Trinajstić information content (AvgIpc) is 2.81. The number of nitro benzene ring substituents is 1. The summed E-state index contributed by atoms with van der Waals surface area (Å²) < 4.78 is 51.9. The van der Waals surface area contributed by atoms with E-state index in [9.17, 15) is 37.7 Å². The van der Waals surface area contributed by atoms with Crippen LogP contribution < -0.4 is 5.32 Å². The number of non-ortho nitro benzene ring substituents is 1. The third-order valence-corrected chi connectivity index (χ3v) is 5.09. The maximum Gasteiger partial charge on any atom is 0.417 e. The summed E-state index contributed by atoms with van der Waals surface area (Å²) in [5.74, 6) is -0.764. The fraction of sp³-hybridized carbons (Fsp3) is 0.346. The number of rotatable bonds is 9. The van der Waals surface area contributed by atoms with Gasteiger partial charge >= 0.3 is 18.2 Å². The molecule has 38 heavy (non-hydrogen) atoms. The van der Waals surface area contributed by atoms with Gasteiger partial charge in [-0.1, -0.05) is 36.4 Å². The Hall–Kier alpha value is -4.22. The number of hydrogen-bond acceptors (Lipinski definition) is 7. The molecule has 0 radical (unpaired) electrons. The van der Waals surface area contributed by atoms with Crippen molar-refractivity contribution in [3.8, 4) is 0 Å². The zero-order chi connectivity index (χ0) is 28.7. The van der Waals surface area contributed by atoms with E-state index in [1.807, 2.05) is 0 Å². The highest BCUT2D eigenvalue weighted by atomic mass is 19.4.